The quantitative estimate of drug-likeness (QED) is 0.158. The van der Waals surface area contributed by atoms with Gasteiger partial charge < -0.3 is 41.4 Å². The smallest absolute Gasteiger partial charge is 0.327 e. The van der Waals surface area contributed by atoms with E-state index in [1.54, 1.807) is 38.1 Å². The zero-order valence-corrected chi connectivity index (χ0v) is 27.0. The Morgan fingerprint density at radius 1 is 0.980 bits per heavy atom. The maximum absolute atomic E-state index is 13.6. The normalized spacial score (nSPS) is 22.7. The number of anilines is 1. The van der Waals surface area contributed by atoms with Gasteiger partial charge in [0.25, 0.3) is 11.5 Å². The van der Waals surface area contributed by atoms with E-state index in [4.69, 9.17) is 0 Å². The van der Waals surface area contributed by atoms with E-state index < -0.39 is 63.5 Å². The summed E-state index contributed by atoms with van der Waals surface area (Å²) in [7, 11) is 0. The molecule has 3 fully saturated rings. The van der Waals surface area contributed by atoms with Crippen molar-refractivity contribution in [3.63, 3.8) is 0 Å². The topological polar surface area (TPSA) is 227 Å². The number of aromatic nitrogens is 1. The average Bonchev–Trinajstić information content (AvgIpc) is 3.61. The van der Waals surface area contributed by atoms with Gasteiger partial charge in [0, 0.05) is 22.5 Å². The highest BCUT2D eigenvalue weighted by molar-refractivity contribution is 8.01. The summed E-state index contributed by atoms with van der Waals surface area (Å²) in [5, 5.41) is 29.4. The fourth-order valence-corrected chi connectivity index (χ4v) is 7.78. The molecule has 0 spiro atoms. The molecule has 15 nitrogen and oxygen atoms in total. The summed E-state index contributed by atoms with van der Waals surface area (Å²) in [6.45, 7) is 3.41. The predicted octanol–water partition coefficient (Wildman–Crippen LogP) is 1.07. The van der Waals surface area contributed by atoms with Crippen molar-refractivity contribution in [3.05, 3.63) is 82.1 Å². The molecule has 6 rings (SSSR count). The molecule has 254 valence electrons. The lowest BCUT2D eigenvalue weighted by atomic mass is 9.95. The highest BCUT2D eigenvalue weighted by Crippen LogP contribution is 2.50. The van der Waals surface area contributed by atoms with Crippen molar-refractivity contribution < 1.29 is 39.0 Å². The second-order valence-corrected chi connectivity index (χ2v) is 14.2. The standard InChI is InChI=1S/C33H32N6O9S/c1-33(2)25(32(47)48)39-30(46)24(31(39)49-33)38-29(45)23(16-5-9-18(40)10-6-16)37-27(43)19-11-12-20(36-26(19)42)15-3-7-17(8-4-15)34-28(44)21-13-14-22(41)35-21/h3-12,21,23-25,31,40H,13-14H2,1-2H3,(H,34,44)(H,35,41)(H,36,42)(H,37,43)(H,38,45)(H,47,48)/t21?,23?,24-,25+,31-/m1/s1. The number of nitrogens with zero attached hydrogens (tertiary/aromatic N) is 1. The number of phenolic OH excluding ortho intramolecular Hbond substituents is 1. The number of pyridine rings is 1. The Bertz CT molecular complexity index is 1930. The van der Waals surface area contributed by atoms with Crippen LogP contribution in [0.4, 0.5) is 5.69 Å². The molecular weight excluding hydrogens is 656 g/mol. The number of nitrogens with one attached hydrogen (secondary N) is 5. The van der Waals surface area contributed by atoms with Crippen LogP contribution in [0.2, 0.25) is 0 Å². The molecule has 1 aromatic heterocycles. The molecule has 2 aromatic carbocycles. The third-order valence-corrected chi connectivity index (χ3v) is 10.2. The third-order valence-electron chi connectivity index (χ3n) is 8.67. The van der Waals surface area contributed by atoms with E-state index in [0.717, 1.165) is 0 Å². The lowest BCUT2D eigenvalue weighted by molar-refractivity contribution is -0.161. The van der Waals surface area contributed by atoms with E-state index in [0.29, 0.717) is 23.4 Å². The van der Waals surface area contributed by atoms with Gasteiger partial charge in [-0.25, -0.2) is 4.79 Å². The largest absolute Gasteiger partial charge is 0.508 e. The summed E-state index contributed by atoms with van der Waals surface area (Å²) in [6, 6.07) is 10.7. The van der Waals surface area contributed by atoms with E-state index in [9.17, 15) is 43.8 Å². The number of amides is 5. The summed E-state index contributed by atoms with van der Waals surface area (Å²) < 4.78 is -0.809. The average molecular weight is 689 g/mol. The number of rotatable bonds is 9. The number of H-pyrrole nitrogens is 1. The van der Waals surface area contributed by atoms with Crippen molar-refractivity contribution in [2.24, 2.45) is 0 Å². The van der Waals surface area contributed by atoms with Crippen molar-refractivity contribution >= 4 is 53.0 Å². The first kappa shape index (κ1) is 33.3. The third kappa shape index (κ3) is 6.46. The maximum Gasteiger partial charge on any atom is 0.327 e. The Balaban J connectivity index is 1.16. The fraction of sp³-hybridized carbons (Fsp3) is 0.303. The van der Waals surface area contributed by atoms with Gasteiger partial charge in [0.05, 0.1) is 0 Å². The lowest BCUT2D eigenvalue weighted by Gasteiger charge is -2.44. The van der Waals surface area contributed by atoms with Gasteiger partial charge in [-0.2, -0.15) is 0 Å². The minimum Gasteiger partial charge on any atom is -0.508 e. The molecule has 0 bridgehead atoms. The number of aliphatic carboxylic acids is 1. The first-order chi connectivity index (χ1) is 23.2. The molecule has 0 saturated carbocycles. The minimum atomic E-state index is -1.39. The van der Waals surface area contributed by atoms with Crippen LogP contribution in [-0.4, -0.2) is 83.8 Å². The summed E-state index contributed by atoms with van der Waals surface area (Å²) >= 11 is 1.25. The van der Waals surface area contributed by atoms with Crippen LogP contribution in [0.25, 0.3) is 11.3 Å². The Morgan fingerprint density at radius 3 is 2.29 bits per heavy atom. The van der Waals surface area contributed by atoms with Crippen LogP contribution in [0.15, 0.2) is 65.5 Å². The van der Waals surface area contributed by atoms with Crippen LogP contribution in [0.1, 0.15) is 48.7 Å². The molecule has 2 unspecified atom stereocenters. The zero-order chi connectivity index (χ0) is 35.2. The van der Waals surface area contributed by atoms with Gasteiger partial charge in [-0.3, -0.25) is 28.8 Å². The van der Waals surface area contributed by atoms with Gasteiger partial charge in [0.15, 0.2) is 0 Å². The monoisotopic (exact) mass is 688 g/mol. The van der Waals surface area contributed by atoms with Gasteiger partial charge in [-0.1, -0.05) is 24.3 Å². The van der Waals surface area contributed by atoms with Crippen LogP contribution >= 0.6 is 11.8 Å². The first-order valence-electron chi connectivity index (χ1n) is 15.3. The molecule has 3 aliphatic heterocycles. The van der Waals surface area contributed by atoms with E-state index in [1.807, 2.05) is 0 Å². The number of hydrogen-bond donors (Lipinski definition) is 7. The minimum absolute atomic E-state index is 0.0897. The Hall–Kier alpha value is -5.64. The second kappa shape index (κ2) is 12.8. The number of carbonyl (C=O) groups is 6. The van der Waals surface area contributed by atoms with Crippen LogP contribution < -0.4 is 26.8 Å². The number of carboxylic acids is 1. The van der Waals surface area contributed by atoms with Crippen molar-refractivity contribution in [1.29, 1.82) is 0 Å². The lowest BCUT2D eigenvalue weighted by Crippen LogP contribution is -2.71. The molecule has 0 aliphatic carbocycles. The maximum atomic E-state index is 13.6. The van der Waals surface area contributed by atoms with Gasteiger partial charge in [-0.15, -0.1) is 11.8 Å². The van der Waals surface area contributed by atoms with Crippen molar-refractivity contribution in [1.82, 2.24) is 25.8 Å². The molecular formula is C33H32N6O9S. The van der Waals surface area contributed by atoms with Gasteiger partial charge in [-0.05, 0) is 67.8 Å². The number of phenols is 1. The Morgan fingerprint density at radius 2 is 1.67 bits per heavy atom. The molecule has 7 N–H and O–H groups in total. The number of aromatic hydroxyl groups is 1. The summed E-state index contributed by atoms with van der Waals surface area (Å²) in [5.74, 6) is -3.98. The second-order valence-electron chi connectivity index (χ2n) is 12.4. The first-order valence-corrected chi connectivity index (χ1v) is 16.2. The Labute approximate surface area is 282 Å². The highest BCUT2D eigenvalue weighted by atomic mass is 32.2. The summed E-state index contributed by atoms with van der Waals surface area (Å²) in [6.07, 6.45) is 0.703. The number of β-lactam (4-membered cyclic amide) rings is 1. The molecule has 5 amide bonds. The molecule has 4 heterocycles. The van der Waals surface area contributed by atoms with Gasteiger partial charge >= 0.3 is 5.97 Å². The number of benzene rings is 2. The van der Waals surface area contributed by atoms with E-state index >= 15 is 0 Å². The number of carbonyl (C=O) groups excluding carboxylic acids is 5. The van der Waals surface area contributed by atoms with Crippen LogP contribution in [0.3, 0.4) is 0 Å². The van der Waals surface area contributed by atoms with Crippen LogP contribution in [0.5, 0.6) is 5.75 Å². The SMILES string of the molecule is CC1(C)S[C@@H]2[C@H](NC(=O)C(NC(=O)c3ccc(-c4ccc(NC(=O)C5CCC(=O)N5)cc4)[nH]c3=O)c3ccc(O)cc3)C(=O)N2[C@H]1C(=O)O. The number of carboxylic acid groups (broad SMARTS) is 1. The Kier molecular flexibility index (Phi) is 8.66. The fourth-order valence-electron chi connectivity index (χ4n) is 6.15. The van der Waals surface area contributed by atoms with E-state index in [2.05, 4.69) is 26.3 Å². The summed E-state index contributed by atoms with van der Waals surface area (Å²) in [5.41, 5.74) is 0.648. The van der Waals surface area contributed by atoms with Crippen LogP contribution in [0, 0.1) is 0 Å². The molecule has 5 atom stereocenters. The molecule has 3 aliphatic rings. The molecule has 49 heavy (non-hydrogen) atoms. The van der Waals surface area contributed by atoms with Crippen molar-refractivity contribution in [3.8, 4) is 17.0 Å². The zero-order valence-electron chi connectivity index (χ0n) is 26.2. The molecule has 16 heteroatoms. The number of aromatic amines is 1. The summed E-state index contributed by atoms with van der Waals surface area (Å²) in [4.78, 5) is 92.6. The molecule has 0 radical (unpaired) electrons. The predicted molar refractivity (Wildman–Crippen MR) is 176 cm³/mol. The molecule has 3 aromatic rings. The van der Waals surface area contributed by atoms with Crippen LogP contribution in [-0.2, 0) is 24.0 Å². The van der Waals surface area contributed by atoms with Crippen molar-refractivity contribution in [2.45, 2.75) is 61.0 Å². The number of hydrogen-bond acceptors (Lipinski definition) is 9. The van der Waals surface area contributed by atoms with Crippen molar-refractivity contribution in [2.75, 3.05) is 5.32 Å². The van der Waals surface area contributed by atoms with Gasteiger partial charge in [0.2, 0.25) is 23.6 Å². The number of fused-ring (bicyclic) bond motifs is 1. The molecule has 3 saturated heterocycles. The van der Waals surface area contributed by atoms with Gasteiger partial charge in [0.1, 0.15) is 40.9 Å². The number of thioether (sulfide) groups is 1. The highest BCUT2D eigenvalue weighted by Gasteiger charge is 2.64. The van der Waals surface area contributed by atoms with E-state index in [-0.39, 0.29) is 35.1 Å². The van der Waals surface area contributed by atoms with E-state index in [1.165, 1.54) is 53.1 Å².